The molecule has 106 valence electrons. The number of carbonyl (C=O) groups is 1. The van der Waals surface area contributed by atoms with Crippen molar-refractivity contribution in [2.75, 3.05) is 11.9 Å². The first-order valence-electron chi connectivity index (χ1n) is 6.79. The Morgan fingerprint density at radius 3 is 3.05 bits per heavy atom. The fourth-order valence-electron chi connectivity index (χ4n) is 3.24. The number of hydrogen-bond acceptors (Lipinski definition) is 4. The number of fused-ring (bicyclic) bond motifs is 2. The Labute approximate surface area is 116 Å². The van der Waals surface area contributed by atoms with E-state index in [1.165, 1.54) is 6.07 Å². The lowest BCUT2D eigenvalue weighted by molar-refractivity contribution is -0.383. The van der Waals surface area contributed by atoms with Crippen molar-refractivity contribution in [3.05, 3.63) is 33.9 Å². The molecule has 2 aliphatic rings. The first kappa shape index (κ1) is 13.1. The zero-order valence-corrected chi connectivity index (χ0v) is 11.2. The summed E-state index contributed by atoms with van der Waals surface area (Å²) in [6, 6.07) is 4.89. The average molecular weight is 276 g/mol. The van der Waals surface area contributed by atoms with E-state index in [9.17, 15) is 14.9 Å². The second-order valence-corrected chi connectivity index (χ2v) is 5.35. The van der Waals surface area contributed by atoms with Crippen molar-refractivity contribution in [2.45, 2.75) is 37.7 Å². The largest absolute Gasteiger partial charge is 0.378 e. The Hall–Kier alpha value is -1.95. The van der Waals surface area contributed by atoms with Crippen LogP contribution < -0.4 is 5.32 Å². The maximum absolute atomic E-state index is 12.5. The highest BCUT2D eigenvalue weighted by atomic mass is 16.6. The predicted molar refractivity (Wildman–Crippen MR) is 72.7 cm³/mol. The molecule has 0 aliphatic carbocycles. The van der Waals surface area contributed by atoms with Gasteiger partial charge in [0.2, 0.25) is 5.91 Å². The lowest BCUT2D eigenvalue weighted by Gasteiger charge is -2.36. The summed E-state index contributed by atoms with van der Waals surface area (Å²) in [4.78, 5) is 23.1. The van der Waals surface area contributed by atoms with Crippen molar-refractivity contribution in [1.29, 1.82) is 0 Å². The van der Waals surface area contributed by atoms with Gasteiger partial charge in [-0.3, -0.25) is 14.9 Å². The number of benzene rings is 1. The molecule has 1 fully saturated rings. The van der Waals surface area contributed by atoms with Gasteiger partial charge in [0.15, 0.2) is 0 Å². The first-order valence-corrected chi connectivity index (χ1v) is 6.79. The molecule has 6 nitrogen and oxygen atoms in total. The highest BCUT2D eigenvalue weighted by Crippen LogP contribution is 2.49. The van der Waals surface area contributed by atoms with Crippen LogP contribution in [0.15, 0.2) is 18.2 Å². The molecule has 0 aromatic heterocycles. The van der Waals surface area contributed by atoms with E-state index in [1.54, 1.807) is 6.07 Å². The molecule has 0 bridgehead atoms. The molecule has 1 aromatic carbocycles. The van der Waals surface area contributed by atoms with Crippen LogP contribution >= 0.6 is 0 Å². The summed E-state index contributed by atoms with van der Waals surface area (Å²) < 4.78 is 5.64. The maximum Gasteiger partial charge on any atom is 0.293 e. The fourth-order valence-corrected chi connectivity index (χ4v) is 3.24. The highest BCUT2D eigenvalue weighted by molar-refractivity contribution is 6.08. The molecular weight excluding hydrogens is 260 g/mol. The van der Waals surface area contributed by atoms with Gasteiger partial charge in [-0.15, -0.1) is 0 Å². The fraction of sp³-hybridized carbons (Fsp3) is 0.500. The second-order valence-electron chi connectivity index (χ2n) is 5.35. The predicted octanol–water partition coefficient (Wildman–Crippen LogP) is 2.37. The minimum atomic E-state index is -0.666. The number of carbonyl (C=O) groups excluding carboxylic acids is 1. The van der Waals surface area contributed by atoms with Gasteiger partial charge in [0.05, 0.1) is 16.4 Å². The molecule has 1 spiro atoms. The zero-order valence-electron chi connectivity index (χ0n) is 11.2. The van der Waals surface area contributed by atoms with Crippen LogP contribution in [0.25, 0.3) is 0 Å². The molecule has 2 atom stereocenters. The SMILES string of the molecule is CCC1CC2(CCO1)C(=O)Nc1c([N+](=O)[O-])cccc12. The van der Waals surface area contributed by atoms with E-state index >= 15 is 0 Å². The first-order chi connectivity index (χ1) is 9.58. The van der Waals surface area contributed by atoms with Crippen LogP contribution in [0.1, 0.15) is 31.7 Å². The van der Waals surface area contributed by atoms with Crippen molar-refractivity contribution < 1.29 is 14.5 Å². The third-order valence-electron chi connectivity index (χ3n) is 4.34. The summed E-state index contributed by atoms with van der Waals surface area (Å²) in [5.41, 5.74) is 0.408. The number of nitro benzene ring substituents is 1. The average Bonchev–Trinajstić information content (AvgIpc) is 2.71. The monoisotopic (exact) mass is 276 g/mol. The topological polar surface area (TPSA) is 81.5 Å². The van der Waals surface area contributed by atoms with E-state index in [2.05, 4.69) is 5.32 Å². The number of ether oxygens (including phenoxy) is 1. The van der Waals surface area contributed by atoms with E-state index in [1.807, 2.05) is 13.0 Å². The van der Waals surface area contributed by atoms with Gasteiger partial charge in [0.1, 0.15) is 5.69 Å². The second kappa shape index (κ2) is 4.56. The number of nitro groups is 1. The molecule has 2 aliphatic heterocycles. The summed E-state index contributed by atoms with van der Waals surface area (Å²) in [5.74, 6) is -0.136. The van der Waals surface area contributed by atoms with Gasteiger partial charge in [-0.2, -0.15) is 0 Å². The molecular formula is C14H16N2O4. The number of rotatable bonds is 2. The lowest BCUT2D eigenvalue weighted by Crippen LogP contribution is -2.43. The van der Waals surface area contributed by atoms with Crippen molar-refractivity contribution >= 4 is 17.3 Å². The maximum atomic E-state index is 12.5. The van der Waals surface area contributed by atoms with E-state index in [4.69, 9.17) is 4.74 Å². The summed E-state index contributed by atoms with van der Waals surface area (Å²) in [6.07, 6.45) is 2.02. The minimum Gasteiger partial charge on any atom is -0.378 e. The molecule has 2 heterocycles. The van der Waals surface area contributed by atoms with Crippen LogP contribution in [-0.2, 0) is 14.9 Å². The van der Waals surface area contributed by atoms with Gasteiger partial charge in [-0.25, -0.2) is 0 Å². The molecule has 1 saturated heterocycles. The van der Waals surface area contributed by atoms with Gasteiger partial charge in [-0.05, 0) is 24.8 Å². The molecule has 1 aromatic rings. The van der Waals surface area contributed by atoms with Crippen molar-refractivity contribution in [2.24, 2.45) is 0 Å². The summed E-state index contributed by atoms with van der Waals surface area (Å²) in [5, 5.41) is 13.8. The van der Waals surface area contributed by atoms with Crippen LogP contribution in [0.2, 0.25) is 0 Å². The van der Waals surface area contributed by atoms with Gasteiger partial charge in [0, 0.05) is 12.7 Å². The number of anilines is 1. The summed E-state index contributed by atoms with van der Waals surface area (Å²) in [7, 11) is 0. The summed E-state index contributed by atoms with van der Waals surface area (Å²) >= 11 is 0. The quantitative estimate of drug-likeness (QED) is 0.664. The van der Waals surface area contributed by atoms with Gasteiger partial charge in [-0.1, -0.05) is 19.1 Å². The molecule has 1 N–H and O–H groups in total. The van der Waals surface area contributed by atoms with E-state index < -0.39 is 10.3 Å². The zero-order chi connectivity index (χ0) is 14.3. The minimum absolute atomic E-state index is 0.0275. The molecule has 20 heavy (non-hydrogen) atoms. The Morgan fingerprint density at radius 2 is 2.35 bits per heavy atom. The van der Waals surface area contributed by atoms with Crippen molar-refractivity contribution in [3.8, 4) is 0 Å². The van der Waals surface area contributed by atoms with Crippen LogP contribution in [0.3, 0.4) is 0 Å². The molecule has 3 rings (SSSR count). The standard InChI is InChI=1S/C14H16N2O4/c1-2-9-8-14(6-7-20-9)10-4-3-5-11(16(18)19)12(10)15-13(14)17/h3-5,9H,2,6-8H2,1H3,(H,15,17). The third-order valence-corrected chi connectivity index (χ3v) is 4.34. The number of para-hydroxylation sites is 1. The van der Waals surface area contributed by atoms with Gasteiger partial charge >= 0.3 is 0 Å². The van der Waals surface area contributed by atoms with Crippen LogP contribution in [-0.4, -0.2) is 23.5 Å². The Balaban J connectivity index is 2.10. The Kier molecular flexibility index (Phi) is 2.97. The van der Waals surface area contributed by atoms with Gasteiger partial charge < -0.3 is 10.1 Å². The molecule has 6 heteroatoms. The van der Waals surface area contributed by atoms with Crippen molar-refractivity contribution in [1.82, 2.24) is 0 Å². The lowest BCUT2D eigenvalue weighted by atomic mass is 9.73. The highest BCUT2D eigenvalue weighted by Gasteiger charge is 2.51. The Morgan fingerprint density at radius 1 is 1.55 bits per heavy atom. The van der Waals surface area contributed by atoms with Crippen LogP contribution in [0.5, 0.6) is 0 Å². The number of nitrogens with zero attached hydrogens (tertiary/aromatic N) is 1. The third kappa shape index (κ3) is 1.71. The molecule has 0 saturated carbocycles. The smallest absolute Gasteiger partial charge is 0.293 e. The number of amides is 1. The molecule has 0 radical (unpaired) electrons. The summed E-state index contributed by atoms with van der Waals surface area (Å²) in [6.45, 7) is 2.53. The van der Waals surface area contributed by atoms with E-state index in [0.717, 1.165) is 12.0 Å². The van der Waals surface area contributed by atoms with Crippen molar-refractivity contribution in [3.63, 3.8) is 0 Å². The normalized spacial score (nSPS) is 28.2. The number of nitrogens with one attached hydrogen (secondary N) is 1. The Bertz CT molecular complexity index is 587. The number of hydrogen-bond donors (Lipinski definition) is 1. The van der Waals surface area contributed by atoms with Crippen LogP contribution in [0.4, 0.5) is 11.4 Å². The molecule has 1 amide bonds. The van der Waals surface area contributed by atoms with E-state index in [-0.39, 0.29) is 17.7 Å². The van der Waals surface area contributed by atoms with E-state index in [0.29, 0.717) is 25.1 Å². The molecule has 2 unspecified atom stereocenters. The van der Waals surface area contributed by atoms with Gasteiger partial charge in [0.25, 0.3) is 5.69 Å². The van der Waals surface area contributed by atoms with Crippen LogP contribution in [0, 0.1) is 10.1 Å².